The molecule has 0 unspecified atom stereocenters. The number of rotatable bonds is 4. The third kappa shape index (κ3) is 5.79. The molecule has 1 heterocycles. The van der Waals surface area contributed by atoms with Crippen LogP contribution in [-0.4, -0.2) is 28.8 Å². The second kappa shape index (κ2) is 8.83. The van der Waals surface area contributed by atoms with Crippen LogP contribution in [0.5, 0.6) is 0 Å². The van der Waals surface area contributed by atoms with Crippen LogP contribution in [0.2, 0.25) is 0 Å². The Labute approximate surface area is 172 Å². The van der Waals surface area contributed by atoms with E-state index >= 15 is 0 Å². The highest BCUT2D eigenvalue weighted by Crippen LogP contribution is 2.37. The van der Waals surface area contributed by atoms with Crippen LogP contribution in [0.3, 0.4) is 0 Å². The first-order chi connectivity index (χ1) is 13.4. The minimum absolute atomic E-state index is 0.0687. The molecule has 14 heteroatoms. The number of benzene rings is 1. The fourth-order valence-electron chi connectivity index (χ4n) is 2.09. The highest BCUT2D eigenvalue weighted by Gasteiger charge is 2.37. The smallest absolute Gasteiger partial charge is 0.308 e. The second-order valence-corrected chi connectivity index (χ2v) is 7.90. The van der Waals surface area contributed by atoms with Gasteiger partial charge < -0.3 is 5.32 Å². The van der Waals surface area contributed by atoms with Crippen LogP contribution in [0, 0.1) is 0 Å². The summed E-state index contributed by atoms with van der Waals surface area (Å²) in [6.07, 6.45) is -6.80. The van der Waals surface area contributed by atoms with Crippen LogP contribution in [0.15, 0.2) is 27.4 Å². The highest BCUT2D eigenvalue weighted by molar-refractivity contribution is 8.01. The van der Waals surface area contributed by atoms with Crippen molar-refractivity contribution in [3.05, 3.63) is 34.9 Å². The van der Waals surface area contributed by atoms with E-state index in [1.807, 2.05) is 10.6 Å². The summed E-state index contributed by atoms with van der Waals surface area (Å²) in [7, 11) is 0. The predicted octanol–water partition coefficient (Wildman–Crippen LogP) is 5.59. The number of carbonyl (C=O) groups excluding carboxylic acids is 2. The van der Waals surface area contributed by atoms with Gasteiger partial charge in [-0.25, -0.2) is 4.79 Å². The number of thioether (sulfide) groups is 2. The standard InChI is InChI=1S/C15H11F6N3O2S3/c1-27-11-9(12(28-2)29-24-11)10(25)23-13(26)22-8-4-6(14(16,17)18)3-7(5-8)15(19,20)21/h3-5H,1-2H3,(H2,22,23,25,26). The largest absolute Gasteiger partial charge is 0.416 e. The van der Waals surface area contributed by atoms with Crippen LogP contribution in [0.1, 0.15) is 21.5 Å². The van der Waals surface area contributed by atoms with Crippen LogP contribution >= 0.6 is 35.1 Å². The van der Waals surface area contributed by atoms with E-state index in [1.54, 1.807) is 12.5 Å². The molecule has 3 amide bonds. The van der Waals surface area contributed by atoms with Gasteiger partial charge in [0.25, 0.3) is 5.91 Å². The first kappa shape index (κ1) is 23.3. The average Bonchev–Trinajstić information content (AvgIpc) is 3.03. The van der Waals surface area contributed by atoms with Gasteiger partial charge in [0.15, 0.2) is 0 Å². The lowest BCUT2D eigenvalue weighted by Crippen LogP contribution is -2.34. The Hall–Kier alpha value is -1.93. The molecular weight excluding hydrogens is 464 g/mol. The molecule has 1 aromatic carbocycles. The summed E-state index contributed by atoms with van der Waals surface area (Å²) >= 11 is 3.36. The zero-order valence-electron chi connectivity index (χ0n) is 14.5. The Bertz CT molecular complexity index is 873. The summed E-state index contributed by atoms with van der Waals surface area (Å²) in [5.41, 5.74) is -3.85. The summed E-state index contributed by atoms with van der Waals surface area (Å²) in [5, 5.41) is 4.05. The molecule has 2 N–H and O–H groups in total. The van der Waals surface area contributed by atoms with Gasteiger partial charge in [-0.05, 0) is 42.2 Å². The summed E-state index contributed by atoms with van der Waals surface area (Å²) in [4.78, 5) is 24.3. The molecule has 2 rings (SSSR count). The van der Waals surface area contributed by atoms with Gasteiger partial charge in [0.2, 0.25) is 0 Å². The van der Waals surface area contributed by atoms with Gasteiger partial charge in [-0.2, -0.15) is 30.7 Å². The lowest BCUT2D eigenvalue weighted by molar-refractivity contribution is -0.143. The van der Waals surface area contributed by atoms with Crippen LogP contribution < -0.4 is 10.6 Å². The van der Waals surface area contributed by atoms with Crippen LogP contribution in [0.25, 0.3) is 0 Å². The first-order valence-corrected chi connectivity index (χ1v) is 10.6. The average molecular weight is 475 g/mol. The van der Waals surface area contributed by atoms with Crippen molar-refractivity contribution in [2.45, 2.75) is 21.6 Å². The zero-order chi connectivity index (χ0) is 22.0. The Morgan fingerprint density at radius 3 is 1.97 bits per heavy atom. The third-order valence-corrected chi connectivity index (χ3v) is 6.05. The van der Waals surface area contributed by atoms with Crippen molar-refractivity contribution in [1.82, 2.24) is 9.69 Å². The van der Waals surface area contributed by atoms with E-state index < -0.39 is 41.1 Å². The lowest BCUT2D eigenvalue weighted by atomic mass is 10.1. The van der Waals surface area contributed by atoms with Crippen molar-refractivity contribution in [1.29, 1.82) is 0 Å². The van der Waals surface area contributed by atoms with E-state index in [1.165, 1.54) is 11.8 Å². The van der Waals surface area contributed by atoms with Gasteiger partial charge in [-0.15, -0.1) is 23.5 Å². The van der Waals surface area contributed by atoms with Gasteiger partial charge in [0.05, 0.1) is 20.9 Å². The maximum atomic E-state index is 12.9. The van der Waals surface area contributed by atoms with Gasteiger partial charge in [-0.1, -0.05) is 0 Å². The minimum atomic E-state index is -5.06. The molecule has 0 saturated carbocycles. The van der Waals surface area contributed by atoms with Gasteiger partial charge >= 0.3 is 18.4 Å². The molecule has 0 aliphatic rings. The molecule has 0 fully saturated rings. The van der Waals surface area contributed by atoms with Crippen LogP contribution in [-0.2, 0) is 12.4 Å². The predicted molar refractivity (Wildman–Crippen MR) is 98.6 cm³/mol. The first-order valence-electron chi connectivity index (χ1n) is 7.36. The molecule has 0 radical (unpaired) electrons. The second-order valence-electron chi connectivity index (χ2n) is 5.26. The molecule has 158 valence electrons. The highest BCUT2D eigenvalue weighted by atomic mass is 32.2. The van der Waals surface area contributed by atoms with Crippen molar-refractivity contribution in [2.24, 2.45) is 0 Å². The molecule has 0 atom stereocenters. The van der Waals surface area contributed by atoms with Gasteiger partial charge in [-0.3, -0.25) is 10.1 Å². The molecule has 2 aromatic rings. The van der Waals surface area contributed by atoms with Crippen molar-refractivity contribution in [2.75, 3.05) is 17.8 Å². The Kier molecular flexibility index (Phi) is 7.11. The number of anilines is 1. The van der Waals surface area contributed by atoms with E-state index in [9.17, 15) is 35.9 Å². The van der Waals surface area contributed by atoms with Crippen molar-refractivity contribution in [3.8, 4) is 0 Å². The maximum Gasteiger partial charge on any atom is 0.416 e. The molecule has 29 heavy (non-hydrogen) atoms. The number of hydrogen-bond acceptors (Lipinski definition) is 6. The Morgan fingerprint density at radius 1 is 0.966 bits per heavy atom. The number of nitrogens with one attached hydrogen (secondary N) is 2. The van der Waals surface area contributed by atoms with Gasteiger partial charge in [0.1, 0.15) is 5.03 Å². The summed E-state index contributed by atoms with van der Waals surface area (Å²) in [5.74, 6) is -0.882. The number of imide groups is 1. The van der Waals surface area contributed by atoms with Crippen LogP contribution in [0.4, 0.5) is 36.8 Å². The number of carbonyl (C=O) groups is 2. The minimum Gasteiger partial charge on any atom is -0.308 e. The molecular formula is C15H11F6N3O2S3. The maximum absolute atomic E-state index is 12.9. The summed E-state index contributed by atoms with van der Waals surface area (Å²) < 4.78 is 81.8. The Balaban J connectivity index is 2.27. The molecule has 0 saturated heterocycles. The van der Waals surface area contributed by atoms with E-state index in [2.05, 4.69) is 4.37 Å². The number of urea groups is 1. The third-order valence-electron chi connectivity index (χ3n) is 3.31. The molecule has 1 aromatic heterocycles. The Morgan fingerprint density at radius 2 is 1.52 bits per heavy atom. The quantitative estimate of drug-likeness (QED) is 0.446. The van der Waals surface area contributed by atoms with E-state index in [-0.39, 0.29) is 11.6 Å². The van der Waals surface area contributed by atoms with E-state index in [4.69, 9.17) is 0 Å². The number of alkyl halides is 6. The van der Waals surface area contributed by atoms with E-state index in [0.29, 0.717) is 21.4 Å². The lowest BCUT2D eigenvalue weighted by Gasteiger charge is -2.15. The molecule has 0 aliphatic carbocycles. The number of amides is 3. The normalized spacial score (nSPS) is 12.0. The monoisotopic (exact) mass is 475 g/mol. The van der Waals surface area contributed by atoms with Crippen molar-refractivity contribution >= 4 is 52.7 Å². The number of nitrogens with zero attached hydrogens (tertiary/aromatic N) is 1. The number of halogens is 6. The van der Waals surface area contributed by atoms with Crippen molar-refractivity contribution < 1.29 is 35.9 Å². The number of hydrogen-bond donors (Lipinski definition) is 2. The SMILES string of the molecule is CSc1nsc(SC)c1C(=O)NC(=O)Nc1cc(C(F)(F)F)cc(C(F)(F)F)c1. The summed E-state index contributed by atoms with van der Waals surface area (Å²) in [6.45, 7) is 0. The zero-order valence-corrected chi connectivity index (χ0v) is 16.9. The van der Waals surface area contributed by atoms with E-state index in [0.717, 1.165) is 23.3 Å². The topological polar surface area (TPSA) is 71.1 Å². The van der Waals surface area contributed by atoms with Crippen molar-refractivity contribution in [3.63, 3.8) is 0 Å². The molecule has 5 nitrogen and oxygen atoms in total. The summed E-state index contributed by atoms with van der Waals surface area (Å²) in [6, 6.07) is -0.674. The molecule has 0 spiro atoms. The molecule has 0 aliphatic heterocycles. The molecule has 0 bridgehead atoms. The van der Waals surface area contributed by atoms with Gasteiger partial charge in [0, 0.05) is 5.69 Å². The fraction of sp³-hybridized carbons (Fsp3) is 0.267. The fourth-order valence-corrected chi connectivity index (χ4v) is 4.36. The number of aromatic nitrogens is 1.